The third-order valence-corrected chi connectivity index (χ3v) is 6.55. The Morgan fingerprint density at radius 1 is 1.16 bits per heavy atom. The third-order valence-electron chi connectivity index (χ3n) is 6.55. The van der Waals surface area contributed by atoms with Crippen molar-refractivity contribution in [1.82, 2.24) is 20.5 Å². The summed E-state index contributed by atoms with van der Waals surface area (Å²) in [5, 5.41) is 9.62. The van der Waals surface area contributed by atoms with Gasteiger partial charge in [0.25, 0.3) is 0 Å². The minimum absolute atomic E-state index is 0.181. The lowest BCUT2D eigenvalue weighted by atomic mass is 9.97. The van der Waals surface area contributed by atoms with E-state index >= 15 is 0 Å². The monoisotopic (exact) mass is 433 g/mol. The molecule has 3 aromatic rings. The molecule has 0 amide bonds. The summed E-state index contributed by atoms with van der Waals surface area (Å²) in [5.74, 6) is 3.27. The highest BCUT2D eigenvalue weighted by atomic mass is 16.4. The van der Waals surface area contributed by atoms with Crippen LogP contribution >= 0.6 is 0 Å². The number of benzene rings is 2. The Morgan fingerprint density at radius 3 is 2.59 bits per heavy atom. The summed E-state index contributed by atoms with van der Waals surface area (Å²) in [5.41, 5.74) is 2.26. The molecule has 6 nitrogen and oxygen atoms in total. The van der Waals surface area contributed by atoms with Gasteiger partial charge in [-0.1, -0.05) is 36.4 Å². The molecule has 1 fully saturated rings. The molecule has 1 saturated heterocycles. The second-order valence-electron chi connectivity index (χ2n) is 8.89. The van der Waals surface area contributed by atoms with Crippen LogP contribution in [0.15, 0.2) is 51.9 Å². The smallest absolute Gasteiger partial charge is 0.208 e. The van der Waals surface area contributed by atoms with E-state index < -0.39 is 0 Å². The van der Waals surface area contributed by atoms with Crippen molar-refractivity contribution in [3.63, 3.8) is 0 Å². The lowest BCUT2D eigenvalue weighted by Gasteiger charge is -2.31. The number of piperidine rings is 1. The molecule has 4 rings (SSSR count). The predicted molar refractivity (Wildman–Crippen MR) is 131 cm³/mol. The van der Waals surface area contributed by atoms with E-state index in [0.29, 0.717) is 5.92 Å². The number of hydrogen-bond acceptors (Lipinski definition) is 4. The standard InChI is InChI=1S/C26H35N5O/c1-18-20(3)32-25(29-18)17-31-13-11-21(12-14-31)16-28-26(27-4)30-19(2)23-10-9-22-7-5-6-8-24(22)15-23/h5-10,15,19,21H,11-14,16-17H2,1-4H3,(H2,27,28,30). The molecule has 0 spiro atoms. The Kier molecular flexibility index (Phi) is 7.10. The molecule has 1 aliphatic heterocycles. The average molecular weight is 434 g/mol. The molecule has 0 aliphatic carbocycles. The minimum atomic E-state index is 0.181. The van der Waals surface area contributed by atoms with Gasteiger partial charge in [-0.25, -0.2) is 4.98 Å². The normalized spacial score (nSPS) is 16.9. The van der Waals surface area contributed by atoms with Crippen molar-refractivity contribution in [2.24, 2.45) is 10.9 Å². The molecular weight excluding hydrogens is 398 g/mol. The van der Waals surface area contributed by atoms with Gasteiger partial charge >= 0.3 is 0 Å². The Labute approximate surface area is 191 Å². The molecule has 2 aromatic carbocycles. The number of nitrogens with one attached hydrogen (secondary N) is 2. The summed E-state index contributed by atoms with van der Waals surface area (Å²) >= 11 is 0. The maximum Gasteiger partial charge on any atom is 0.208 e. The first-order valence-electron chi connectivity index (χ1n) is 11.6. The van der Waals surface area contributed by atoms with Crippen LogP contribution in [0.2, 0.25) is 0 Å². The van der Waals surface area contributed by atoms with Gasteiger partial charge in [-0.05, 0) is 75.0 Å². The second-order valence-corrected chi connectivity index (χ2v) is 8.89. The van der Waals surface area contributed by atoms with Gasteiger partial charge in [-0.3, -0.25) is 9.89 Å². The third kappa shape index (κ3) is 5.49. The molecule has 0 saturated carbocycles. The Bertz CT molecular complexity index is 1050. The van der Waals surface area contributed by atoms with Crippen molar-refractivity contribution in [1.29, 1.82) is 0 Å². The number of likely N-dealkylation sites (tertiary alicyclic amines) is 1. The number of fused-ring (bicyclic) bond motifs is 1. The largest absolute Gasteiger partial charge is 0.444 e. The van der Waals surface area contributed by atoms with Gasteiger partial charge in [0.2, 0.25) is 5.89 Å². The van der Waals surface area contributed by atoms with Crippen LogP contribution in [0.5, 0.6) is 0 Å². The predicted octanol–water partition coefficient (Wildman–Crippen LogP) is 4.58. The number of rotatable bonds is 6. The number of guanidine groups is 1. The molecule has 1 unspecified atom stereocenters. The Hall–Kier alpha value is -2.86. The van der Waals surface area contributed by atoms with Crippen molar-refractivity contribution in [3.05, 3.63) is 65.4 Å². The zero-order chi connectivity index (χ0) is 22.5. The van der Waals surface area contributed by atoms with Crippen LogP contribution in [0, 0.1) is 19.8 Å². The molecule has 1 aliphatic rings. The van der Waals surface area contributed by atoms with Crippen LogP contribution in [0.1, 0.15) is 48.7 Å². The first-order chi connectivity index (χ1) is 15.5. The first kappa shape index (κ1) is 22.3. The maximum absolute atomic E-state index is 5.75. The fraction of sp³-hybridized carbons (Fsp3) is 0.462. The second kappa shape index (κ2) is 10.2. The van der Waals surface area contributed by atoms with Crippen molar-refractivity contribution in [2.45, 2.75) is 46.2 Å². The lowest BCUT2D eigenvalue weighted by molar-refractivity contribution is 0.164. The summed E-state index contributed by atoms with van der Waals surface area (Å²) in [6.45, 7) is 10.1. The zero-order valence-electron chi connectivity index (χ0n) is 19.7. The molecule has 2 heterocycles. The highest BCUT2D eigenvalue weighted by Gasteiger charge is 2.21. The average Bonchev–Trinajstić information content (AvgIpc) is 3.13. The maximum atomic E-state index is 5.75. The molecule has 1 aromatic heterocycles. The van der Waals surface area contributed by atoms with Crippen molar-refractivity contribution >= 4 is 16.7 Å². The molecule has 0 bridgehead atoms. The minimum Gasteiger partial charge on any atom is -0.444 e. The van der Waals surface area contributed by atoms with Gasteiger partial charge in [0, 0.05) is 13.6 Å². The summed E-state index contributed by atoms with van der Waals surface area (Å²) in [7, 11) is 1.84. The lowest BCUT2D eigenvalue weighted by Crippen LogP contribution is -2.43. The number of hydrogen-bond donors (Lipinski definition) is 2. The van der Waals surface area contributed by atoms with Gasteiger partial charge < -0.3 is 15.1 Å². The van der Waals surface area contributed by atoms with E-state index in [0.717, 1.165) is 49.5 Å². The molecule has 32 heavy (non-hydrogen) atoms. The van der Waals surface area contributed by atoms with E-state index in [1.807, 2.05) is 20.9 Å². The van der Waals surface area contributed by atoms with E-state index in [9.17, 15) is 0 Å². The van der Waals surface area contributed by atoms with E-state index in [1.165, 1.54) is 29.2 Å². The van der Waals surface area contributed by atoms with Gasteiger partial charge in [0.05, 0.1) is 18.3 Å². The van der Waals surface area contributed by atoms with Crippen LogP contribution < -0.4 is 10.6 Å². The summed E-state index contributed by atoms with van der Waals surface area (Å²) in [4.78, 5) is 11.4. The van der Waals surface area contributed by atoms with Crippen molar-refractivity contribution in [3.8, 4) is 0 Å². The Balaban J connectivity index is 1.24. The molecule has 2 N–H and O–H groups in total. The van der Waals surface area contributed by atoms with E-state index in [4.69, 9.17) is 4.42 Å². The van der Waals surface area contributed by atoms with E-state index in [-0.39, 0.29) is 6.04 Å². The summed E-state index contributed by atoms with van der Waals surface area (Å²) in [6.07, 6.45) is 2.34. The molecular formula is C26H35N5O. The topological polar surface area (TPSA) is 65.7 Å². The summed E-state index contributed by atoms with van der Waals surface area (Å²) < 4.78 is 5.75. The van der Waals surface area contributed by atoms with Crippen LogP contribution in [0.25, 0.3) is 10.8 Å². The molecule has 6 heteroatoms. The zero-order valence-corrected chi connectivity index (χ0v) is 19.7. The van der Waals surface area contributed by atoms with Crippen LogP contribution in [-0.4, -0.2) is 42.5 Å². The highest BCUT2D eigenvalue weighted by molar-refractivity contribution is 5.84. The van der Waals surface area contributed by atoms with Crippen molar-refractivity contribution in [2.75, 3.05) is 26.7 Å². The Morgan fingerprint density at radius 2 is 1.91 bits per heavy atom. The fourth-order valence-corrected chi connectivity index (χ4v) is 4.35. The van der Waals surface area contributed by atoms with Crippen LogP contribution in [-0.2, 0) is 6.54 Å². The SMILES string of the molecule is CN=C(NCC1CCN(Cc2nc(C)c(C)o2)CC1)NC(C)c1ccc2ccccc2c1. The van der Waals surface area contributed by atoms with Crippen LogP contribution in [0.4, 0.5) is 0 Å². The van der Waals surface area contributed by atoms with Gasteiger partial charge in [0.15, 0.2) is 5.96 Å². The van der Waals surface area contributed by atoms with E-state index in [1.54, 1.807) is 0 Å². The van der Waals surface area contributed by atoms with Gasteiger partial charge in [-0.15, -0.1) is 0 Å². The number of oxazole rings is 1. The molecule has 1 atom stereocenters. The van der Waals surface area contributed by atoms with Crippen LogP contribution in [0.3, 0.4) is 0 Å². The van der Waals surface area contributed by atoms with E-state index in [2.05, 4.69) is 74.9 Å². The highest BCUT2D eigenvalue weighted by Crippen LogP contribution is 2.21. The molecule has 170 valence electrons. The number of aliphatic imine (C=N–C) groups is 1. The quantitative estimate of drug-likeness (QED) is 0.440. The fourth-order valence-electron chi connectivity index (χ4n) is 4.35. The van der Waals surface area contributed by atoms with Crippen molar-refractivity contribution < 1.29 is 4.42 Å². The number of aryl methyl sites for hydroxylation is 2. The molecule has 0 radical (unpaired) electrons. The number of nitrogens with zero attached hydrogens (tertiary/aromatic N) is 3. The first-order valence-corrected chi connectivity index (χ1v) is 11.6. The van der Waals surface area contributed by atoms with Gasteiger partial charge in [0.1, 0.15) is 5.76 Å². The number of aromatic nitrogens is 1. The summed E-state index contributed by atoms with van der Waals surface area (Å²) in [6, 6.07) is 15.3. The van der Waals surface area contributed by atoms with Gasteiger partial charge in [-0.2, -0.15) is 0 Å².